The highest BCUT2D eigenvalue weighted by atomic mass is 32.2. The minimum Gasteiger partial charge on any atom is -0.355 e. The van der Waals surface area contributed by atoms with E-state index in [1.807, 2.05) is 13.8 Å². The van der Waals surface area contributed by atoms with Gasteiger partial charge >= 0.3 is 0 Å². The first kappa shape index (κ1) is 14.4. The van der Waals surface area contributed by atoms with Gasteiger partial charge in [0.05, 0.1) is 5.75 Å². The molecule has 0 spiro atoms. The second-order valence-corrected chi connectivity index (χ2v) is 5.37. The quantitative estimate of drug-likeness (QED) is 0.657. The van der Waals surface area contributed by atoms with Crippen LogP contribution in [0.4, 0.5) is 0 Å². The largest absolute Gasteiger partial charge is 0.355 e. The van der Waals surface area contributed by atoms with E-state index >= 15 is 0 Å². The molecule has 5 nitrogen and oxygen atoms in total. The van der Waals surface area contributed by atoms with Crippen molar-refractivity contribution in [3.8, 4) is 0 Å². The van der Waals surface area contributed by atoms with Gasteiger partial charge in [-0.15, -0.1) is 0 Å². The van der Waals surface area contributed by atoms with Gasteiger partial charge in [-0.2, -0.15) is 0 Å². The number of sulfonamides is 1. The average Bonchev–Trinajstić information content (AvgIpc) is 2.19. The Labute approximate surface area is 91.7 Å². The van der Waals surface area contributed by atoms with Crippen LogP contribution in [0.2, 0.25) is 0 Å². The fraction of sp³-hybridized carbons (Fsp3) is 0.889. The minimum absolute atomic E-state index is 0.0118. The van der Waals surface area contributed by atoms with Gasteiger partial charge in [0.15, 0.2) is 0 Å². The zero-order valence-electron chi connectivity index (χ0n) is 9.54. The highest BCUT2D eigenvalue weighted by molar-refractivity contribution is 7.89. The molecular weight excluding hydrogens is 216 g/mol. The molecule has 0 aromatic carbocycles. The van der Waals surface area contributed by atoms with Crippen molar-refractivity contribution >= 4 is 15.9 Å². The summed E-state index contributed by atoms with van der Waals surface area (Å²) in [5.41, 5.74) is 0. The van der Waals surface area contributed by atoms with Crippen LogP contribution in [-0.4, -0.2) is 33.7 Å². The number of carbonyl (C=O) groups is 1. The number of amides is 1. The second-order valence-electron chi connectivity index (χ2n) is 3.33. The van der Waals surface area contributed by atoms with Crippen LogP contribution in [0.15, 0.2) is 0 Å². The van der Waals surface area contributed by atoms with E-state index in [4.69, 9.17) is 0 Å². The summed E-state index contributed by atoms with van der Waals surface area (Å²) in [5.74, 6) is -0.149. The van der Waals surface area contributed by atoms with E-state index in [0.717, 1.165) is 12.8 Å². The SMILES string of the molecule is CCC(CC)C(=O)NCCS(=O)(=O)NC. The molecule has 0 radical (unpaired) electrons. The molecule has 1 amide bonds. The number of carbonyl (C=O) groups excluding carboxylic acids is 1. The van der Waals surface area contributed by atoms with Crippen molar-refractivity contribution in [1.82, 2.24) is 10.0 Å². The number of nitrogens with one attached hydrogen (secondary N) is 2. The van der Waals surface area contributed by atoms with Gasteiger partial charge in [0.1, 0.15) is 0 Å². The van der Waals surface area contributed by atoms with Gasteiger partial charge < -0.3 is 5.32 Å². The summed E-state index contributed by atoms with van der Waals surface area (Å²) in [6, 6.07) is 0. The van der Waals surface area contributed by atoms with E-state index in [1.165, 1.54) is 7.05 Å². The van der Waals surface area contributed by atoms with Crippen LogP contribution in [0.3, 0.4) is 0 Å². The Bertz CT molecular complexity index is 284. The van der Waals surface area contributed by atoms with Crippen LogP contribution in [0.5, 0.6) is 0 Å². The highest BCUT2D eigenvalue weighted by Crippen LogP contribution is 2.06. The number of hydrogen-bond acceptors (Lipinski definition) is 3. The first-order chi connectivity index (χ1) is 6.96. The lowest BCUT2D eigenvalue weighted by atomic mass is 10.0. The molecule has 0 unspecified atom stereocenters. The van der Waals surface area contributed by atoms with Gasteiger partial charge in [-0.1, -0.05) is 13.8 Å². The molecule has 0 bridgehead atoms. The van der Waals surface area contributed by atoms with Gasteiger partial charge in [-0.3, -0.25) is 4.79 Å². The summed E-state index contributed by atoms with van der Waals surface area (Å²) in [4.78, 5) is 11.5. The van der Waals surface area contributed by atoms with Crippen molar-refractivity contribution in [2.45, 2.75) is 26.7 Å². The number of rotatable bonds is 7. The predicted molar refractivity (Wildman–Crippen MR) is 59.9 cm³/mol. The summed E-state index contributed by atoms with van der Waals surface area (Å²) in [7, 11) is -1.86. The normalized spacial score (nSPS) is 11.7. The summed E-state index contributed by atoms with van der Waals surface area (Å²) >= 11 is 0. The molecule has 0 heterocycles. The lowest BCUT2D eigenvalue weighted by Gasteiger charge is -2.12. The van der Waals surface area contributed by atoms with E-state index in [0.29, 0.717) is 0 Å². The molecule has 90 valence electrons. The summed E-state index contributed by atoms with van der Waals surface area (Å²) in [6.45, 7) is 4.05. The van der Waals surface area contributed by atoms with Crippen LogP contribution >= 0.6 is 0 Å². The summed E-state index contributed by atoms with van der Waals surface area (Å²) in [5, 5.41) is 2.62. The van der Waals surface area contributed by atoms with Gasteiger partial charge in [0, 0.05) is 12.5 Å². The van der Waals surface area contributed by atoms with Crippen molar-refractivity contribution in [2.24, 2.45) is 5.92 Å². The molecule has 0 saturated carbocycles. The Morgan fingerprint density at radius 1 is 1.27 bits per heavy atom. The maximum absolute atomic E-state index is 11.5. The molecule has 0 aliphatic heterocycles. The van der Waals surface area contributed by atoms with E-state index < -0.39 is 10.0 Å². The van der Waals surface area contributed by atoms with Crippen molar-refractivity contribution in [1.29, 1.82) is 0 Å². The van der Waals surface area contributed by atoms with E-state index in [9.17, 15) is 13.2 Å². The molecular formula is C9H20N2O3S. The zero-order chi connectivity index (χ0) is 11.9. The van der Waals surface area contributed by atoms with Gasteiger partial charge in [0.2, 0.25) is 15.9 Å². The van der Waals surface area contributed by atoms with Crippen molar-refractivity contribution in [2.75, 3.05) is 19.3 Å². The topological polar surface area (TPSA) is 75.3 Å². The highest BCUT2D eigenvalue weighted by Gasteiger charge is 2.14. The van der Waals surface area contributed by atoms with Crippen molar-refractivity contribution in [3.05, 3.63) is 0 Å². The molecule has 15 heavy (non-hydrogen) atoms. The zero-order valence-corrected chi connectivity index (χ0v) is 10.4. The van der Waals surface area contributed by atoms with Crippen LogP contribution in [0.1, 0.15) is 26.7 Å². The lowest BCUT2D eigenvalue weighted by Crippen LogP contribution is -2.36. The Hall–Kier alpha value is -0.620. The molecule has 0 rings (SSSR count). The molecule has 0 aliphatic carbocycles. The molecule has 2 N–H and O–H groups in total. The van der Waals surface area contributed by atoms with E-state index in [-0.39, 0.29) is 24.1 Å². The van der Waals surface area contributed by atoms with Crippen molar-refractivity contribution in [3.63, 3.8) is 0 Å². The maximum atomic E-state index is 11.5. The first-order valence-electron chi connectivity index (χ1n) is 5.15. The summed E-state index contributed by atoms with van der Waals surface area (Å²) in [6.07, 6.45) is 1.56. The minimum atomic E-state index is -3.22. The van der Waals surface area contributed by atoms with Gasteiger partial charge in [-0.05, 0) is 19.9 Å². The van der Waals surface area contributed by atoms with Crippen LogP contribution < -0.4 is 10.0 Å². The molecule has 0 fully saturated rings. The van der Waals surface area contributed by atoms with Crippen LogP contribution in [0, 0.1) is 5.92 Å². The summed E-state index contributed by atoms with van der Waals surface area (Å²) < 4.78 is 24.2. The fourth-order valence-corrected chi connectivity index (χ4v) is 1.79. The molecule has 0 atom stereocenters. The first-order valence-corrected chi connectivity index (χ1v) is 6.81. The third-order valence-electron chi connectivity index (χ3n) is 2.34. The Kier molecular flexibility index (Phi) is 6.51. The predicted octanol–water partition coefficient (Wildman–Crippen LogP) is 0.0880. The second kappa shape index (κ2) is 6.79. The molecule has 0 saturated heterocycles. The Balaban J connectivity index is 3.92. The van der Waals surface area contributed by atoms with E-state index in [2.05, 4.69) is 10.0 Å². The van der Waals surface area contributed by atoms with Gasteiger partial charge in [-0.25, -0.2) is 13.1 Å². The molecule has 0 aliphatic rings. The smallest absolute Gasteiger partial charge is 0.223 e. The monoisotopic (exact) mass is 236 g/mol. The van der Waals surface area contributed by atoms with E-state index in [1.54, 1.807) is 0 Å². The Morgan fingerprint density at radius 2 is 1.80 bits per heavy atom. The molecule has 0 aromatic rings. The lowest BCUT2D eigenvalue weighted by molar-refractivity contribution is -0.125. The molecule has 6 heteroatoms. The number of hydrogen-bond donors (Lipinski definition) is 2. The fourth-order valence-electron chi connectivity index (χ4n) is 1.21. The Morgan fingerprint density at radius 3 is 2.20 bits per heavy atom. The van der Waals surface area contributed by atoms with Crippen molar-refractivity contribution < 1.29 is 13.2 Å². The third-order valence-corrected chi connectivity index (χ3v) is 3.70. The third kappa shape index (κ3) is 5.74. The molecule has 0 aromatic heterocycles. The average molecular weight is 236 g/mol. The maximum Gasteiger partial charge on any atom is 0.223 e. The van der Waals surface area contributed by atoms with Gasteiger partial charge in [0.25, 0.3) is 0 Å². The van der Waals surface area contributed by atoms with Crippen LogP contribution in [-0.2, 0) is 14.8 Å². The van der Waals surface area contributed by atoms with Crippen LogP contribution in [0.25, 0.3) is 0 Å². The standard InChI is InChI=1S/C9H20N2O3S/c1-4-8(5-2)9(12)11-6-7-15(13,14)10-3/h8,10H,4-7H2,1-3H3,(H,11,12).